The molecular weight excluding hydrogens is 254 g/mol. The summed E-state index contributed by atoms with van der Waals surface area (Å²) in [5, 5.41) is 11.4. The number of aliphatic hydroxyl groups is 1. The fraction of sp³-hybridized carbons (Fsp3) is 0.200. The number of hydrogen-bond acceptors (Lipinski definition) is 3. The smallest absolute Gasteiger partial charge is 0.226 e. The number of carbonyl (C=O) groups excluding carboxylic acids is 1. The molecule has 0 fully saturated rings. The third-order valence-corrected chi connectivity index (χ3v) is 2.64. The zero-order chi connectivity index (χ0) is 14.2. The second kappa shape index (κ2) is 7.12. The molecule has 0 radical (unpaired) electrons. The summed E-state index contributed by atoms with van der Waals surface area (Å²) in [6.07, 6.45) is 5.58. The summed E-state index contributed by atoms with van der Waals surface area (Å²) in [6.45, 7) is 0.443. The van der Waals surface area contributed by atoms with Gasteiger partial charge < -0.3 is 15.0 Å². The van der Waals surface area contributed by atoms with Crippen LogP contribution in [0, 0.1) is 11.8 Å². The first-order chi connectivity index (χ1) is 9.78. The van der Waals surface area contributed by atoms with Gasteiger partial charge in [0.1, 0.15) is 6.61 Å². The molecule has 102 valence electrons. The van der Waals surface area contributed by atoms with Gasteiger partial charge in [0.05, 0.1) is 6.33 Å². The van der Waals surface area contributed by atoms with Gasteiger partial charge in [-0.25, -0.2) is 4.98 Å². The van der Waals surface area contributed by atoms with Crippen LogP contribution < -0.4 is 5.32 Å². The number of aryl methyl sites for hydroxylation is 1. The van der Waals surface area contributed by atoms with Gasteiger partial charge in [0.2, 0.25) is 5.91 Å². The topological polar surface area (TPSA) is 67.2 Å². The molecule has 0 bridgehead atoms. The maximum absolute atomic E-state index is 11.8. The number of aromatic nitrogens is 2. The van der Waals surface area contributed by atoms with Crippen LogP contribution in [-0.2, 0) is 11.3 Å². The van der Waals surface area contributed by atoms with Crippen molar-refractivity contribution in [1.29, 1.82) is 0 Å². The molecule has 2 aromatic rings. The van der Waals surface area contributed by atoms with Gasteiger partial charge in [0, 0.05) is 36.6 Å². The Morgan fingerprint density at radius 3 is 2.80 bits per heavy atom. The number of nitrogens with zero attached hydrogens (tertiary/aromatic N) is 2. The number of hydrogen-bond donors (Lipinski definition) is 2. The maximum atomic E-state index is 11.8. The Bertz CT molecular complexity index is 607. The van der Waals surface area contributed by atoms with Crippen molar-refractivity contribution >= 4 is 11.6 Å². The lowest BCUT2D eigenvalue weighted by molar-refractivity contribution is -0.116. The first-order valence-corrected chi connectivity index (χ1v) is 6.23. The van der Waals surface area contributed by atoms with Crippen molar-refractivity contribution in [2.45, 2.75) is 13.0 Å². The Balaban J connectivity index is 1.84. The van der Waals surface area contributed by atoms with E-state index in [4.69, 9.17) is 5.11 Å². The molecule has 0 atom stereocenters. The minimum absolute atomic E-state index is 0.0482. The molecule has 20 heavy (non-hydrogen) atoms. The van der Waals surface area contributed by atoms with Crippen LogP contribution >= 0.6 is 0 Å². The molecule has 2 rings (SSSR count). The average Bonchev–Trinajstić information content (AvgIpc) is 2.98. The van der Waals surface area contributed by atoms with Crippen molar-refractivity contribution in [2.24, 2.45) is 0 Å². The molecular formula is C15H15N3O2. The van der Waals surface area contributed by atoms with Crippen LogP contribution in [0.15, 0.2) is 43.0 Å². The molecule has 0 aliphatic rings. The van der Waals surface area contributed by atoms with Crippen molar-refractivity contribution in [3.8, 4) is 11.8 Å². The highest BCUT2D eigenvalue weighted by molar-refractivity contribution is 5.90. The Morgan fingerprint density at radius 1 is 1.35 bits per heavy atom. The number of anilines is 1. The summed E-state index contributed by atoms with van der Waals surface area (Å²) in [4.78, 5) is 15.7. The number of rotatable bonds is 4. The van der Waals surface area contributed by atoms with Crippen molar-refractivity contribution in [1.82, 2.24) is 9.55 Å². The molecule has 0 saturated heterocycles. The van der Waals surface area contributed by atoms with Crippen molar-refractivity contribution in [3.05, 3.63) is 48.5 Å². The molecule has 1 heterocycles. The minimum atomic E-state index is -0.160. The van der Waals surface area contributed by atoms with Crippen molar-refractivity contribution in [2.75, 3.05) is 11.9 Å². The quantitative estimate of drug-likeness (QED) is 0.821. The Labute approximate surface area is 117 Å². The normalized spacial score (nSPS) is 9.65. The third-order valence-electron chi connectivity index (χ3n) is 2.64. The number of amides is 1. The van der Waals surface area contributed by atoms with E-state index in [1.54, 1.807) is 36.8 Å². The van der Waals surface area contributed by atoms with Crippen LogP contribution in [0.1, 0.15) is 12.0 Å². The lowest BCUT2D eigenvalue weighted by Crippen LogP contribution is -2.13. The molecule has 5 nitrogen and oxygen atoms in total. The number of aliphatic hydroxyl groups excluding tert-OH is 1. The zero-order valence-electron chi connectivity index (χ0n) is 10.9. The van der Waals surface area contributed by atoms with Gasteiger partial charge in [-0.2, -0.15) is 0 Å². The Hall–Kier alpha value is -2.58. The number of benzene rings is 1. The summed E-state index contributed by atoms with van der Waals surface area (Å²) < 4.78 is 1.85. The molecule has 1 amide bonds. The summed E-state index contributed by atoms with van der Waals surface area (Å²) in [5.74, 6) is 5.32. The maximum Gasteiger partial charge on any atom is 0.226 e. The number of imidazole rings is 1. The number of carbonyl (C=O) groups is 1. The van der Waals surface area contributed by atoms with Gasteiger partial charge >= 0.3 is 0 Å². The zero-order valence-corrected chi connectivity index (χ0v) is 10.9. The van der Waals surface area contributed by atoms with E-state index < -0.39 is 0 Å². The van der Waals surface area contributed by atoms with E-state index in [1.165, 1.54) is 0 Å². The molecule has 0 aliphatic heterocycles. The molecule has 0 aliphatic carbocycles. The summed E-state index contributed by atoms with van der Waals surface area (Å²) in [7, 11) is 0. The van der Waals surface area contributed by atoms with Crippen LogP contribution in [0.4, 0.5) is 5.69 Å². The third kappa shape index (κ3) is 4.26. The van der Waals surface area contributed by atoms with Crippen LogP contribution in [0.25, 0.3) is 0 Å². The Kier molecular flexibility index (Phi) is 4.93. The van der Waals surface area contributed by atoms with Gasteiger partial charge in [-0.05, 0) is 24.3 Å². The highest BCUT2D eigenvalue weighted by Crippen LogP contribution is 2.09. The summed E-state index contributed by atoms with van der Waals surface area (Å²) in [5.41, 5.74) is 1.53. The van der Waals surface area contributed by atoms with Crippen LogP contribution in [0.3, 0.4) is 0 Å². The van der Waals surface area contributed by atoms with E-state index in [0.29, 0.717) is 13.0 Å². The molecule has 1 aromatic heterocycles. The number of nitrogens with one attached hydrogen (secondary N) is 1. The van der Waals surface area contributed by atoms with Gasteiger partial charge in [0.25, 0.3) is 0 Å². The minimum Gasteiger partial charge on any atom is -0.384 e. The Morgan fingerprint density at radius 2 is 2.15 bits per heavy atom. The molecule has 0 unspecified atom stereocenters. The molecule has 2 N–H and O–H groups in total. The van der Waals surface area contributed by atoms with E-state index in [-0.39, 0.29) is 12.5 Å². The van der Waals surface area contributed by atoms with Crippen LogP contribution in [0.5, 0.6) is 0 Å². The molecule has 1 aromatic carbocycles. The predicted octanol–water partition coefficient (Wildman–Crippen LogP) is 1.26. The van der Waals surface area contributed by atoms with Crippen LogP contribution in [-0.4, -0.2) is 27.2 Å². The second-order valence-electron chi connectivity index (χ2n) is 4.14. The fourth-order valence-electron chi connectivity index (χ4n) is 1.65. The SMILES string of the molecule is O=C(CCn1ccnc1)Nc1ccc(C#CCO)cc1. The highest BCUT2D eigenvalue weighted by Gasteiger charge is 2.02. The van der Waals surface area contributed by atoms with Gasteiger partial charge in [-0.1, -0.05) is 11.8 Å². The monoisotopic (exact) mass is 269 g/mol. The standard InChI is InChI=1S/C15H15N3O2/c19-11-1-2-13-3-5-14(6-4-13)17-15(20)7-9-18-10-8-16-12-18/h3-6,8,10,12,19H,7,9,11H2,(H,17,20). The summed E-state index contributed by atoms with van der Waals surface area (Å²) in [6, 6.07) is 7.18. The van der Waals surface area contributed by atoms with E-state index in [1.807, 2.05) is 10.8 Å². The lowest BCUT2D eigenvalue weighted by Gasteiger charge is -2.05. The second-order valence-corrected chi connectivity index (χ2v) is 4.14. The largest absolute Gasteiger partial charge is 0.384 e. The molecule has 5 heteroatoms. The first-order valence-electron chi connectivity index (χ1n) is 6.23. The molecule has 0 saturated carbocycles. The van der Waals surface area contributed by atoms with E-state index in [0.717, 1.165) is 11.3 Å². The molecule has 0 spiro atoms. The van der Waals surface area contributed by atoms with E-state index in [9.17, 15) is 4.79 Å². The van der Waals surface area contributed by atoms with Gasteiger partial charge in [-0.15, -0.1) is 0 Å². The lowest BCUT2D eigenvalue weighted by atomic mass is 10.2. The van der Waals surface area contributed by atoms with Crippen molar-refractivity contribution in [3.63, 3.8) is 0 Å². The van der Waals surface area contributed by atoms with Gasteiger partial charge in [-0.3, -0.25) is 4.79 Å². The van der Waals surface area contributed by atoms with E-state index >= 15 is 0 Å². The first kappa shape index (κ1) is 13.8. The fourth-order valence-corrected chi connectivity index (χ4v) is 1.65. The van der Waals surface area contributed by atoms with E-state index in [2.05, 4.69) is 22.1 Å². The predicted molar refractivity (Wildman–Crippen MR) is 75.9 cm³/mol. The van der Waals surface area contributed by atoms with Gasteiger partial charge in [0.15, 0.2) is 0 Å². The highest BCUT2D eigenvalue weighted by atomic mass is 16.2. The van der Waals surface area contributed by atoms with Crippen LogP contribution in [0.2, 0.25) is 0 Å². The van der Waals surface area contributed by atoms with Crippen molar-refractivity contribution < 1.29 is 9.90 Å². The average molecular weight is 269 g/mol. The summed E-state index contributed by atoms with van der Waals surface area (Å²) >= 11 is 0.